The molecule has 0 heterocycles. The molecule has 0 aliphatic rings. The molecular formula is C18H20FNO2. The molecule has 0 saturated heterocycles. The van der Waals surface area contributed by atoms with Crippen molar-refractivity contribution in [3.8, 4) is 0 Å². The second-order valence-corrected chi connectivity index (χ2v) is 5.38. The van der Waals surface area contributed by atoms with Crippen molar-refractivity contribution in [1.82, 2.24) is 4.90 Å². The molecule has 22 heavy (non-hydrogen) atoms. The highest BCUT2D eigenvalue weighted by Crippen LogP contribution is 2.26. The van der Waals surface area contributed by atoms with Gasteiger partial charge in [0.15, 0.2) is 0 Å². The second kappa shape index (κ2) is 7.18. The molecule has 4 heteroatoms. The largest absolute Gasteiger partial charge is 0.456 e. The summed E-state index contributed by atoms with van der Waals surface area (Å²) in [6, 6.07) is 15.0. The molecule has 0 N–H and O–H groups in total. The van der Waals surface area contributed by atoms with Gasteiger partial charge in [0, 0.05) is 5.56 Å². The van der Waals surface area contributed by atoms with E-state index in [2.05, 4.69) is 0 Å². The number of hydrogen-bond acceptors (Lipinski definition) is 3. The first-order chi connectivity index (χ1) is 10.5. The van der Waals surface area contributed by atoms with Gasteiger partial charge in [-0.1, -0.05) is 48.5 Å². The molecule has 0 bridgehead atoms. The van der Waals surface area contributed by atoms with Crippen molar-refractivity contribution in [2.24, 2.45) is 0 Å². The van der Waals surface area contributed by atoms with Crippen LogP contribution in [0.15, 0.2) is 54.6 Å². The van der Waals surface area contributed by atoms with Gasteiger partial charge in [0.1, 0.15) is 18.0 Å². The standard InChI is InChI=1S/C18H20FNO2/c1-13(14-9-5-4-6-10-14)22-18(21)17(20(2)3)15-11-7-8-12-16(15)19/h4-13,17H,1-3H3/t13-,17+/m0/s1. The predicted molar refractivity (Wildman–Crippen MR) is 83.8 cm³/mol. The molecule has 0 radical (unpaired) electrons. The predicted octanol–water partition coefficient (Wildman–Crippen LogP) is 3.73. The van der Waals surface area contributed by atoms with E-state index in [0.717, 1.165) is 5.56 Å². The van der Waals surface area contributed by atoms with E-state index in [1.54, 1.807) is 44.1 Å². The minimum atomic E-state index is -0.771. The SMILES string of the molecule is C[C@H](OC(=O)[C@@H](c1ccccc1F)N(C)C)c1ccccc1. The molecule has 0 amide bonds. The Balaban J connectivity index is 2.19. The summed E-state index contributed by atoms with van der Waals surface area (Å²) in [4.78, 5) is 14.1. The van der Waals surface area contributed by atoms with Crippen LogP contribution in [0.1, 0.15) is 30.2 Å². The molecule has 0 aromatic heterocycles. The van der Waals surface area contributed by atoms with Gasteiger partial charge in [-0.3, -0.25) is 4.90 Å². The number of hydrogen-bond donors (Lipinski definition) is 0. The molecule has 0 saturated carbocycles. The molecular weight excluding hydrogens is 281 g/mol. The second-order valence-electron chi connectivity index (χ2n) is 5.38. The number of esters is 1. The third kappa shape index (κ3) is 3.71. The van der Waals surface area contributed by atoms with E-state index in [1.165, 1.54) is 6.07 Å². The summed E-state index contributed by atoms with van der Waals surface area (Å²) in [5, 5.41) is 0. The van der Waals surface area contributed by atoms with Crippen LogP contribution in [0.5, 0.6) is 0 Å². The smallest absolute Gasteiger partial charge is 0.328 e. The van der Waals surface area contributed by atoms with Gasteiger partial charge in [-0.2, -0.15) is 0 Å². The van der Waals surface area contributed by atoms with Crippen LogP contribution in [0.4, 0.5) is 4.39 Å². The van der Waals surface area contributed by atoms with Gasteiger partial charge in [0.25, 0.3) is 0 Å². The summed E-state index contributed by atoms with van der Waals surface area (Å²) in [5.74, 6) is -0.878. The quantitative estimate of drug-likeness (QED) is 0.788. The van der Waals surface area contributed by atoms with E-state index in [4.69, 9.17) is 4.74 Å². The summed E-state index contributed by atoms with van der Waals surface area (Å²) in [5.41, 5.74) is 1.22. The van der Waals surface area contributed by atoms with E-state index in [9.17, 15) is 9.18 Å². The highest BCUT2D eigenvalue weighted by atomic mass is 19.1. The van der Waals surface area contributed by atoms with E-state index in [1.807, 2.05) is 30.3 Å². The van der Waals surface area contributed by atoms with Gasteiger partial charge in [0.05, 0.1) is 0 Å². The lowest BCUT2D eigenvalue weighted by Crippen LogP contribution is -2.30. The zero-order chi connectivity index (χ0) is 16.1. The van der Waals surface area contributed by atoms with Gasteiger partial charge >= 0.3 is 5.97 Å². The lowest BCUT2D eigenvalue weighted by Gasteiger charge is -2.25. The first-order valence-electron chi connectivity index (χ1n) is 7.17. The first-order valence-corrected chi connectivity index (χ1v) is 7.17. The molecule has 3 nitrogen and oxygen atoms in total. The Labute approximate surface area is 130 Å². The highest BCUT2D eigenvalue weighted by Gasteiger charge is 2.28. The lowest BCUT2D eigenvalue weighted by molar-refractivity contribution is -0.154. The lowest BCUT2D eigenvalue weighted by atomic mass is 10.1. The van der Waals surface area contributed by atoms with E-state index >= 15 is 0 Å². The summed E-state index contributed by atoms with van der Waals surface area (Å²) in [6.07, 6.45) is -0.386. The Hall–Kier alpha value is -2.20. The Morgan fingerprint density at radius 2 is 1.64 bits per heavy atom. The Bertz CT molecular complexity index is 628. The number of rotatable bonds is 5. The van der Waals surface area contributed by atoms with Gasteiger partial charge in [-0.15, -0.1) is 0 Å². The zero-order valence-corrected chi connectivity index (χ0v) is 13.0. The molecule has 2 atom stereocenters. The summed E-state index contributed by atoms with van der Waals surface area (Å²) in [6.45, 7) is 1.81. The van der Waals surface area contributed by atoms with Crippen LogP contribution in [0, 0.1) is 5.82 Å². The number of likely N-dealkylation sites (N-methyl/N-ethyl adjacent to an activating group) is 1. The third-order valence-corrected chi connectivity index (χ3v) is 3.50. The fourth-order valence-electron chi connectivity index (χ4n) is 2.34. The molecule has 116 valence electrons. The zero-order valence-electron chi connectivity index (χ0n) is 13.0. The molecule has 0 fully saturated rings. The van der Waals surface area contributed by atoms with Crippen LogP contribution >= 0.6 is 0 Å². The Morgan fingerprint density at radius 3 is 2.23 bits per heavy atom. The summed E-state index contributed by atoms with van der Waals surface area (Å²) >= 11 is 0. The van der Waals surface area contributed by atoms with Crippen molar-refractivity contribution in [2.45, 2.75) is 19.1 Å². The molecule has 0 spiro atoms. The summed E-state index contributed by atoms with van der Waals surface area (Å²) < 4.78 is 19.5. The topological polar surface area (TPSA) is 29.5 Å². The van der Waals surface area contributed by atoms with Crippen LogP contribution in [0.3, 0.4) is 0 Å². The average molecular weight is 301 g/mol. The number of carbonyl (C=O) groups excluding carboxylic acids is 1. The minimum absolute atomic E-state index is 0.317. The van der Waals surface area contributed by atoms with Crippen LogP contribution in [-0.2, 0) is 9.53 Å². The molecule has 2 aromatic rings. The number of nitrogens with zero attached hydrogens (tertiary/aromatic N) is 1. The maximum absolute atomic E-state index is 14.0. The fraction of sp³-hybridized carbons (Fsp3) is 0.278. The van der Waals surface area contributed by atoms with Crippen LogP contribution in [0.2, 0.25) is 0 Å². The number of halogens is 1. The molecule has 0 aliphatic carbocycles. The van der Waals surface area contributed by atoms with Crippen molar-refractivity contribution in [2.75, 3.05) is 14.1 Å². The van der Waals surface area contributed by atoms with Crippen molar-refractivity contribution in [1.29, 1.82) is 0 Å². The monoisotopic (exact) mass is 301 g/mol. The van der Waals surface area contributed by atoms with E-state index < -0.39 is 17.8 Å². The van der Waals surface area contributed by atoms with Gasteiger partial charge in [-0.25, -0.2) is 9.18 Å². The van der Waals surface area contributed by atoms with Crippen molar-refractivity contribution < 1.29 is 13.9 Å². The van der Waals surface area contributed by atoms with E-state index in [-0.39, 0.29) is 6.10 Å². The number of carbonyl (C=O) groups is 1. The molecule has 2 aromatic carbocycles. The van der Waals surface area contributed by atoms with Crippen LogP contribution in [0.25, 0.3) is 0 Å². The van der Waals surface area contributed by atoms with Crippen molar-refractivity contribution in [3.05, 3.63) is 71.5 Å². The average Bonchev–Trinajstić information content (AvgIpc) is 2.50. The maximum atomic E-state index is 14.0. The minimum Gasteiger partial charge on any atom is -0.456 e. The first kappa shape index (κ1) is 16.2. The van der Waals surface area contributed by atoms with E-state index in [0.29, 0.717) is 5.56 Å². The number of ether oxygens (including phenoxy) is 1. The Kier molecular flexibility index (Phi) is 5.28. The molecule has 0 unspecified atom stereocenters. The van der Waals surface area contributed by atoms with Gasteiger partial charge < -0.3 is 4.74 Å². The van der Waals surface area contributed by atoms with Crippen LogP contribution in [-0.4, -0.2) is 25.0 Å². The normalized spacial score (nSPS) is 13.7. The molecule has 2 rings (SSSR count). The van der Waals surface area contributed by atoms with Crippen LogP contribution < -0.4 is 0 Å². The highest BCUT2D eigenvalue weighted by molar-refractivity contribution is 5.78. The number of benzene rings is 2. The van der Waals surface area contributed by atoms with Crippen molar-refractivity contribution in [3.63, 3.8) is 0 Å². The Morgan fingerprint density at radius 1 is 1.05 bits per heavy atom. The van der Waals surface area contributed by atoms with Gasteiger partial charge in [-0.05, 0) is 32.6 Å². The molecule has 0 aliphatic heterocycles. The summed E-state index contributed by atoms with van der Waals surface area (Å²) in [7, 11) is 3.46. The maximum Gasteiger partial charge on any atom is 0.328 e. The fourth-order valence-corrected chi connectivity index (χ4v) is 2.34. The van der Waals surface area contributed by atoms with Crippen molar-refractivity contribution >= 4 is 5.97 Å². The van der Waals surface area contributed by atoms with Gasteiger partial charge in [0.2, 0.25) is 0 Å². The third-order valence-electron chi connectivity index (χ3n) is 3.50.